The van der Waals surface area contributed by atoms with Gasteiger partial charge in [0.1, 0.15) is 5.82 Å². The number of nitrogens with one attached hydrogen (secondary N) is 2. The largest absolute Gasteiger partial charge is 0.393 e. The Morgan fingerprint density at radius 2 is 2.12 bits per heavy atom. The van der Waals surface area contributed by atoms with Gasteiger partial charge >= 0.3 is 0 Å². The molecule has 4 heterocycles. The summed E-state index contributed by atoms with van der Waals surface area (Å²) < 4.78 is 1.89. The van der Waals surface area contributed by atoms with Crippen LogP contribution >= 0.6 is 11.9 Å². The van der Waals surface area contributed by atoms with Gasteiger partial charge in [-0.05, 0) is 55.5 Å². The van der Waals surface area contributed by atoms with Gasteiger partial charge in [-0.25, -0.2) is 9.97 Å². The lowest BCUT2D eigenvalue weighted by molar-refractivity contribution is 0.0946. The molecule has 1 atom stereocenters. The fraction of sp³-hybridized carbons (Fsp3) is 0.375. The van der Waals surface area contributed by atoms with E-state index in [4.69, 9.17) is 4.98 Å². The van der Waals surface area contributed by atoms with Gasteiger partial charge < -0.3 is 20.3 Å². The van der Waals surface area contributed by atoms with Crippen molar-refractivity contribution in [2.24, 2.45) is 0 Å². The number of aromatic amines is 1. The Balaban J connectivity index is 1.24. The standard InChI is InChI=1S/C24H28N6O2S/c1-33-30-12-7-17(15-30)24(32)25-14-22-26-21-6-5-20(27-23(21)28-22)16-3-2-4-18(13-16)29-10-8-19(31)9-11-29/h2-7,12,15-16,19,31H,8-11,13-14H2,1H3,(H,25,32)(H,26,27,28). The molecule has 0 bridgehead atoms. The van der Waals surface area contributed by atoms with E-state index in [-0.39, 0.29) is 17.9 Å². The molecule has 1 unspecified atom stereocenters. The van der Waals surface area contributed by atoms with Crippen molar-refractivity contribution in [1.82, 2.24) is 29.1 Å². The molecule has 1 aliphatic carbocycles. The van der Waals surface area contributed by atoms with Crippen molar-refractivity contribution in [1.29, 1.82) is 0 Å². The Kier molecular flexibility index (Phi) is 6.24. The number of aromatic nitrogens is 4. The third kappa shape index (κ3) is 4.84. The maximum atomic E-state index is 12.4. The zero-order chi connectivity index (χ0) is 22.8. The molecule has 3 aromatic heterocycles. The van der Waals surface area contributed by atoms with Crippen LogP contribution in [-0.2, 0) is 6.54 Å². The van der Waals surface area contributed by atoms with Crippen LogP contribution in [0.5, 0.6) is 0 Å². The first-order valence-corrected chi connectivity index (χ1v) is 12.4. The summed E-state index contributed by atoms with van der Waals surface area (Å²) in [5, 5.41) is 12.7. The van der Waals surface area contributed by atoms with Gasteiger partial charge in [0.2, 0.25) is 0 Å². The number of likely N-dealkylation sites (tertiary alicyclic amines) is 1. The summed E-state index contributed by atoms with van der Waals surface area (Å²) in [6, 6.07) is 5.86. The van der Waals surface area contributed by atoms with Gasteiger partial charge in [0.05, 0.1) is 29.4 Å². The Morgan fingerprint density at radius 1 is 1.27 bits per heavy atom. The number of carbonyl (C=O) groups is 1. The fourth-order valence-corrected chi connectivity index (χ4v) is 4.79. The van der Waals surface area contributed by atoms with Gasteiger partial charge in [0.25, 0.3) is 5.91 Å². The van der Waals surface area contributed by atoms with E-state index in [0.717, 1.165) is 43.6 Å². The second-order valence-corrected chi connectivity index (χ2v) is 9.27. The normalized spacial score (nSPS) is 19.2. The first-order chi connectivity index (χ1) is 16.1. The number of pyridine rings is 1. The number of nitrogens with zero attached hydrogens (tertiary/aromatic N) is 4. The summed E-state index contributed by atoms with van der Waals surface area (Å²) in [7, 11) is 0. The lowest BCUT2D eigenvalue weighted by atomic mass is 9.93. The molecule has 9 heteroatoms. The van der Waals surface area contributed by atoms with Crippen LogP contribution in [0.15, 0.2) is 54.5 Å². The summed E-state index contributed by atoms with van der Waals surface area (Å²) in [4.78, 5) is 27.4. The summed E-state index contributed by atoms with van der Waals surface area (Å²) in [6.45, 7) is 2.11. The number of piperidine rings is 1. The van der Waals surface area contributed by atoms with E-state index in [1.165, 1.54) is 17.6 Å². The van der Waals surface area contributed by atoms with Crippen molar-refractivity contribution >= 4 is 29.0 Å². The Morgan fingerprint density at radius 3 is 2.91 bits per heavy atom. The highest BCUT2D eigenvalue weighted by molar-refractivity contribution is 7.97. The molecule has 1 fully saturated rings. The maximum Gasteiger partial charge on any atom is 0.253 e. The molecular formula is C24H28N6O2S. The molecule has 5 rings (SSSR count). The summed E-state index contributed by atoms with van der Waals surface area (Å²) in [5.41, 5.74) is 4.43. The zero-order valence-electron chi connectivity index (χ0n) is 18.6. The number of carbonyl (C=O) groups excluding carboxylic acids is 1. The zero-order valence-corrected chi connectivity index (χ0v) is 19.4. The van der Waals surface area contributed by atoms with Crippen LogP contribution in [0.4, 0.5) is 0 Å². The molecule has 0 radical (unpaired) electrons. The van der Waals surface area contributed by atoms with Crippen molar-refractivity contribution in [3.05, 3.63) is 71.6 Å². The lowest BCUT2D eigenvalue weighted by Gasteiger charge is -2.35. The van der Waals surface area contributed by atoms with Crippen molar-refractivity contribution in [2.45, 2.75) is 37.8 Å². The molecule has 0 aromatic carbocycles. The molecule has 0 spiro atoms. The van der Waals surface area contributed by atoms with E-state index in [9.17, 15) is 9.90 Å². The number of rotatable bonds is 6. The van der Waals surface area contributed by atoms with Crippen LogP contribution in [0.25, 0.3) is 11.2 Å². The molecule has 0 saturated carbocycles. The van der Waals surface area contributed by atoms with Gasteiger partial charge in [0, 0.05) is 43.4 Å². The average molecular weight is 465 g/mol. The minimum atomic E-state index is -0.170. The van der Waals surface area contributed by atoms with Crippen LogP contribution in [0.3, 0.4) is 0 Å². The maximum absolute atomic E-state index is 12.4. The first-order valence-electron chi connectivity index (χ1n) is 11.3. The molecule has 1 amide bonds. The highest BCUT2D eigenvalue weighted by atomic mass is 32.2. The van der Waals surface area contributed by atoms with E-state index < -0.39 is 0 Å². The lowest BCUT2D eigenvalue weighted by Crippen LogP contribution is -2.35. The SMILES string of the molecule is CSn1ccc(C(=O)NCc2nc3nc(C4C=CC=C(N5CCC(O)CC5)C4)ccc3[nH]2)c1. The van der Waals surface area contributed by atoms with Gasteiger partial charge in [0.15, 0.2) is 5.65 Å². The van der Waals surface area contributed by atoms with Gasteiger partial charge in [-0.1, -0.05) is 12.2 Å². The highest BCUT2D eigenvalue weighted by Gasteiger charge is 2.23. The predicted molar refractivity (Wildman–Crippen MR) is 130 cm³/mol. The smallest absolute Gasteiger partial charge is 0.253 e. The predicted octanol–water partition coefficient (Wildman–Crippen LogP) is 3.20. The van der Waals surface area contributed by atoms with Crippen LogP contribution in [0.2, 0.25) is 0 Å². The van der Waals surface area contributed by atoms with Crippen molar-refractivity contribution in [3.63, 3.8) is 0 Å². The minimum absolute atomic E-state index is 0.131. The number of aliphatic hydroxyl groups is 1. The molecule has 3 aromatic rings. The average Bonchev–Trinajstić information content (AvgIpc) is 3.49. The second kappa shape index (κ2) is 9.44. The van der Waals surface area contributed by atoms with E-state index >= 15 is 0 Å². The number of allylic oxidation sites excluding steroid dienone is 4. The Bertz CT molecular complexity index is 1200. The van der Waals surface area contributed by atoms with Crippen molar-refractivity contribution in [2.75, 3.05) is 19.3 Å². The molecule has 172 valence electrons. The third-order valence-corrected chi connectivity index (χ3v) is 6.93. The monoisotopic (exact) mass is 464 g/mol. The van der Waals surface area contributed by atoms with E-state index in [0.29, 0.717) is 23.6 Å². The van der Waals surface area contributed by atoms with E-state index in [1.54, 1.807) is 12.3 Å². The molecular weight excluding hydrogens is 436 g/mol. The Hall–Kier alpha value is -3.04. The number of hydrogen-bond acceptors (Lipinski definition) is 6. The van der Waals surface area contributed by atoms with E-state index in [1.807, 2.05) is 28.6 Å². The van der Waals surface area contributed by atoms with E-state index in [2.05, 4.69) is 38.4 Å². The van der Waals surface area contributed by atoms with Gasteiger partial charge in [-0.2, -0.15) is 0 Å². The molecule has 2 aliphatic rings. The summed E-state index contributed by atoms with van der Waals surface area (Å²) >= 11 is 1.53. The fourth-order valence-electron chi connectivity index (χ4n) is 4.39. The number of imidazole rings is 1. The highest BCUT2D eigenvalue weighted by Crippen LogP contribution is 2.31. The molecule has 8 nitrogen and oxygen atoms in total. The van der Waals surface area contributed by atoms with Crippen LogP contribution < -0.4 is 5.32 Å². The second-order valence-electron chi connectivity index (χ2n) is 8.49. The minimum Gasteiger partial charge on any atom is -0.393 e. The molecule has 1 aliphatic heterocycles. The quantitative estimate of drug-likeness (QED) is 0.518. The number of fused-ring (bicyclic) bond motifs is 1. The first kappa shape index (κ1) is 21.8. The molecule has 3 N–H and O–H groups in total. The van der Waals surface area contributed by atoms with Crippen molar-refractivity contribution < 1.29 is 9.90 Å². The summed E-state index contributed by atoms with van der Waals surface area (Å²) in [5.74, 6) is 0.745. The Labute approximate surface area is 196 Å². The number of H-pyrrole nitrogens is 1. The van der Waals surface area contributed by atoms with Gasteiger partial charge in [-0.15, -0.1) is 0 Å². The third-order valence-electron chi connectivity index (χ3n) is 6.28. The molecule has 33 heavy (non-hydrogen) atoms. The number of amides is 1. The topological polar surface area (TPSA) is 99.1 Å². The summed E-state index contributed by atoms with van der Waals surface area (Å²) in [6.07, 6.45) is 14.5. The number of hydrogen-bond donors (Lipinski definition) is 3. The molecule has 1 saturated heterocycles. The van der Waals surface area contributed by atoms with Crippen LogP contribution in [0, 0.1) is 0 Å². The van der Waals surface area contributed by atoms with Gasteiger partial charge in [-0.3, -0.25) is 8.77 Å². The van der Waals surface area contributed by atoms with Crippen molar-refractivity contribution in [3.8, 4) is 0 Å². The number of aliphatic hydroxyl groups excluding tert-OH is 1. The van der Waals surface area contributed by atoms with Crippen LogP contribution in [0.1, 0.15) is 47.1 Å². The van der Waals surface area contributed by atoms with Crippen LogP contribution in [-0.4, -0.2) is 60.3 Å².